The molecule has 114 valence electrons. The van der Waals surface area contributed by atoms with Crippen molar-refractivity contribution in [1.29, 1.82) is 0 Å². The summed E-state index contributed by atoms with van der Waals surface area (Å²) in [6, 6.07) is 10.5. The highest BCUT2D eigenvalue weighted by molar-refractivity contribution is 5.75. The second-order valence-corrected chi connectivity index (χ2v) is 6.73. The second kappa shape index (κ2) is 5.68. The predicted molar refractivity (Wildman–Crippen MR) is 82.1 cm³/mol. The molecule has 0 bridgehead atoms. The van der Waals surface area contributed by atoms with Crippen LogP contribution >= 0.6 is 0 Å². The second-order valence-electron chi connectivity index (χ2n) is 6.73. The Morgan fingerprint density at radius 1 is 1.33 bits per heavy atom. The van der Waals surface area contributed by atoms with Gasteiger partial charge in [0.2, 0.25) is 0 Å². The lowest BCUT2D eigenvalue weighted by molar-refractivity contribution is 0.121. The first-order valence-corrected chi connectivity index (χ1v) is 7.85. The van der Waals surface area contributed by atoms with E-state index < -0.39 is 0 Å². The van der Waals surface area contributed by atoms with Crippen LogP contribution in [-0.4, -0.2) is 29.8 Å². The van der Waals surface area contributed by atoms with Gasteiger partial charge in [-0.1, -0.05) is 43.7 Å². The third-order valence-electron chi connectivity index (χ3n) is 5.08. The molecule has 2 aliphatic carbocycles. The standard InChI is InChI=1S/C17H24N2O2/c1-17(11-20)9-5-8-15(17)19-16(21)18-14-10-13(14)12-6-3-2-4-7-12/h2-4,6-7,13-15,20H,5,8-11H2,1H3,(H2,18,19,21). The maximum absolute atomic E-state index is 12.1. The molecular weight excluding hydrogens is 264 g/mol. The van der Waals surface area contributed by atoms with Crippen LogP contribution in [0.5, 0.6) is 0 Å². The van der Waals surface area contributed by atoms with E-state index in [0.717, 1.165) is 25.7 Å². The average Bonchev–Trinajstić information content (AvgIpc) is 3.16. The largest absolute Gasteiger partial charge is 0.396 e. The Morgan fingerprint density at radius 3 is 2.81 bits per heavy atom. The van der Waals surface area contributed by atoms with Gasteiger partial charge in [0, 0.05) is 23.4 Å². The Labute approximate surface area is 125 Å². The summed E-state index contributed by atoms with van der Waals surface area (Å²) in [6.07, 6.45) is 4.01. The fraction of sp³-hybridized carbons (Fsp3) is 0.588. The highest BCUT2D eigenvalue weighted by Gasteiger charge is 2.42. The molecule has 0 aliphatic heterocycles. The summed E-state index contributed by atoms with van der Waals surface area (Å²) in [6.45, 7) is 2.18. The van der Waals surface area contributed by atoms with Crippen molar-refractivity contribution in [3.05, 3.63) is 35.9 Å². The number of carbonyl (C=O) groups is 1. The van der Waals surface area contributed by atoms with Gasteiger partial charge in [-0.2, -0.15) is 0 Å². The summed E-state index contributed by atoms with van der Waals surface area (Å²) in [5.74, 6) is 0.449. The van der Waals surface area contributed by atoms with Crippen LogP contribution in [0.2, 0.25) is 0 Å². The summed E-state index contributed by atoms with van der Waals surface area (Å²) in [4.78, 5) is 12.1. The molecule has 4 nitrogen and oxygen atoms in total. The van der Waals surface area contributed by atoms with E-state index in [0.29, 0.717) is 5.92 Å². The molecule has 4 unspecified atom stereocenters. The number of amides is 2. The highest BCUT2D eigenvalue weighted by Crippen LogP contribution is 2.41. The summed E-state index contributed by atoms with van der Waals surface area (Å²) in [5, 5.41) is 15.6. The summed E-state index contributed by atoms with van der Waals surface area (Å²) in [7, 11) is 0. The fourth-order valence-electron chi connectivity index (χ4n) is 3.46. The van der Waals surface area contributed by atoms with Crippen LogP contribution in [0.3, 0.4) is 0 Å². The number of hydrogen-bond donors (Lipinski definition) is 3. The molecule has 3 rings (SSSR count). The lowest BCUT2D eigenvalue weighted by Crippen LogP contribution is -2.49. The Kier molecular flexibility index (Phi) is 3.89. The smallest absolute Gasteiger partial charge is 0.315 e. The lowest BCUT2D eigenvalue weighted by Gasteiger charge is -2.30. The molecule has 21 heavy (non-hydrogen) atoms. The molecule has 4 atom stereocenters. The number of hydrogen-bond acceptors (Lipinski definition) is 2. The molecule has 0 spiro atoms. The Bertz CT molecular complexity index is 505. The van der Waals surface area contributed by atoms with Gasteiger partial charge < -0.3 is 15.7 Å². The number of urea groups is 1. The number of nitrogens with one attached hydrogen (secondary N) is 2. The first-order valence-electron chi connectivity index (χ1n) is 7.85. The predicted octanol–water partition coefficient (Wildman–Crippen LogP) is 2.39. The van der Waals surface area contributed by atoms with E-state index in [1.54, 1.807) is 0 Å². The van der Waals surface area contributed by atoms with Gasteiger partial charge >= 0.3 is 6.03 Å². The van der Waals surface area contributed by atoms with Gasteiger partial charge in [-0.3, -0.25) is 0 Å². The van der Waals surface area contributed by atoms with Gasteiger partial charge in [0.15, 0.2) is 0 Å². The van der Waals surface area contributed by atoms with Crippen molar-refractivity contribution in [2.24, 2.45) is 5.41 Å². The van der Waals surface area contributed by atoms with E-state index in [1.807, 2.05) is 18.2 Å². The quantitative estimate of drug-likeness (QED) is 0.796. The van der Waals surface area contributed by atoms with Crippen molar-refractivity contribution >= 4 is 6.03 Å². The fourth-order valence-corrected chi connectivity index (χ4v) is 3.46. The molecule has 3 N–H and O–H groups in total. The van der Waals surface area contributed by atoms with Gasteiger partial charge in [-0.25, -0.2) is 4.79 Å². The van der Waals surface area contributed by atoms with Gasteiger partial charge in [0.05, 0.1) is 6.61 Å². The zero-order valence-electron chi connectivity index (χ0n) is 12.5. The van der Waals surface area contributed by atoms with Gasteiger partial charge in [-0.15, -0.1) is 0 Å². The minimum Gasteiger partial charge on any atom is -0.396 e. The molecule has 0 heterocycles. The Morgan fingerprint density at radius 2 is 2.10 bits per heavy atom. The van der Waals surface area contributed by atoms with Crippen LogP contribution in [0.25, 0.3) is 0 Å². The van der Waals surface area contributed by atoms with Gasteiger partial charge in [0.25, 0.3) is 0 Å². The molecule has 1 aromatic rings. The van der Waals surface area contributed by atoms with Crippen molar-refractivity contribution in [2.45, 2.75) is 50.6 Å². The van der Waals surface area contributed by atoms with Gasteiger partial charge in [0.1, 0.15) is 0 Å². The summed E-state index contributed by atoms with van der Waals surface area (Å²) < 4.78 is 0. The van der Waals surface area contributed by atoms with E-state index in [1.165, 1.54) is 5.56 Å². The molecule has 0 radical (unpaired) electrons. The SMILES string of the molecule is CC1(CO)CCCC1NC(=O)NC1CC1c1ccccc1. The van der Waals surface area contributed by atoms with Crippen molar-refractivity contribution in [3.63, 3.8) is 0 Å². The number of aliphatic hydroxyl groups is 1. The Balaban J connectivity index is 1.50. The zero-order chi connectivity index (χ0) is 14.9. The molecule has 2 aliphatic rings. The molecule has 1 aromatic carbocycles. The maximum atomic E-state index is 12.1. The van der Waals surface area contributed by atoms with Crippen molar-refractivity contribution in [3.8, 4) is 0 Å². The monoisotopic (exact) mass is 288 g/mol. The highest BCUT2D eigenvalue weighted by atomic mass is 16.3. The number of carbonyl (C=O) groups excluding carboxylic acids is 1. The van der Waals surface area contributed by atoms with Gasteiger partial charge in [-0.05, 0) is 24.8 Å². The molecule has 2 fully saturated rings. The van der Waals surface area contributed by atoms with Crippen LogP contribution in [0.1, 0.15) is 44.1 Å². The van der Waals surface area contributed by atoms with E-state index in [4.69, 9.17) is 0 Å². The topological polar surface area (TPSA) is 61.4 Å². The molecule has 0 saturated heterocycles. The van der Waals surface area contributed by atoms with Crippen molar-refractivity contribution in [1.82, 2.24) is 10.6 Å². The lowest BCUT2D eigenvalue weighted by atomic mass is 9.86. The normalized spacial score (nSPS) is 34.5. The van der Waals surface area contributed by atoms with Crippen LogP contribution in [0.4, 0.5) is 4.79 Å². The van der Waals surface area contributed by atoms with E-state index in [-0.39, 0.29) is 30.1 Å². The molecule has 0 aromatic heterocycles. The third-order valence-corrected chi connectivity index (χ3v) is 5.08. The molecular formula is C17H24N2O2. The maximum Gasteiger partial charge on any atom is 0.315 e. The molecule has 2 saturated carbocycles. The Hall–Kier alpha value is -1.55. The number of benzene rings is 1. The van der Waals surface area contributed by atoms with Crippen LogP contribution in [0.15, 0.2) is 30.3 Å². The first kappa shape index (κ1) is 14.4. The van der Waals surface area contributed by atoms with Crippen LogP contribution in [-0.2, 0) is 0 Å². The zero-order valence-corrected chi connectivity index (χ0v) is 12.5. The number of aliphatic hydroxyl groups excluding tert-OH is 1. The minimum atomic E-state index is -0.167. The first-order chi connectivity index (χ1) is 10.1. The van der Waals surface area contributed by atoms with E-state index in [2.05, 4.69) is 29.7 Å². The third kappa shape index (κ3) is 3.05. The van der Waals surface area contributed by atoms with Crippen LogP contribution < -0.4 is 10.6 Å². The van der Waals surface area contributed by atoms with Crippen molar-refractivity contribution in [2.75, 3.05) is 6.61 Å². The molecule has 2 amide bonds. The number of rotatable bonds is 4. The average molecular weight is 288 g/mol. The van der Waals surface area contributed by atoms with E-state index >= 15 is 0 Å². The minimum absolute atomic E-state index is 0.0800. The van der Waals surface area contributed by atoms with Crippen molar-refractivity contribution < 1.29 is 9.90 Å². The summed E-state index contributed by atoms with van der Waals surface area (Å²) in [5.41, 5.74) is 1.13. The van der Waals surface area contributed by atoms with Crippen LogP contribution in [0, 0.1) is 5.41 Å². The molecule has 4 heteroatoms. The summed E-state index contributed by atoms with van der Waals surface area (Å²) >= 11 is 0. The van der Waals surface area contributed by atoms with E-state index in [9.17, 15) is 9.90 Å².